The van der Waals surface area contributed by atoms with E-state index in [0.29, 0.717) is 6.04 Å². The molecule has 1 aliphatic carbocycles. The third kappa shape index (κ3) is 3.10. The van der Waals surface area contributed by atoms with Gasteiger partial charge in [0.25, 0.3) is 0 Å². The zero-order valence-corrected chi connectivity index (χ0v) is 13.7. The van der Waals surface area contributed by atoms with E-state index in [0.717, 1.165) is 31.2 Å². The fourth-order valence-corrected chi connectivity index (χ4v) is 4.73. The van der Waals surface area contributed by atoms with Gasteiger partial charge in [0.05, 0.1) is 0 Å². The average Bonchev–Trinajstić information content (AvgIpc) is 3.05. The fourth-order valence-electron chi connectivity index (χ4n) is 4.03. The van der Waals surface area contributed by atoms with Crippen molar-refractivity contribution in [3.8, 4) is 0 Å². The van der Waals surface area contributed by atoms with Gasteiger partial charge in [-0.1, -0.05) is 0 Å². The molecule has 3 heterocycles. The molecule has 21 heavy (non-hydrogen) atoms. The molecular weight excluding hydrogens is 280 g/mol. The van der Waals surface area contributed by atoms with E-state index in [2.05, 4.69) is 32.4 Å². The first-order valence-electron chi connectivity index (χ1n) is 8.46. The summed E-state index contributed by atoms with van der Waals surface area (Å²) in [5, 5.41) is 7.21. The Labute approximate surface area is 131 Å². The number of nitrogens with zero attached hydrogens (tertiary/aromatic N) is 3. The van der Waals surface area contributed by atoms with Crippen molar-refractivity contribution in [1.29, 1.82) is 0 Å². The third-order valence-electron chi connectivity index (χ3n) is 5.30. The Hall–Kier alpha value is -0.650. The zero-order valence-electron chi connectivity index (χ0n) is 12.9. The predicted molar refractivity (Wildman–Crippen MR) is 88.1 cm³/mol. The Kier molecular flexibility index (Phi) is 3.90. The maximum atomic E-state index is 4.43. The van der Waals surface area contributed by atoms with E-state index >= 15 is 0 Å². The molecular formula is C16H26N4S. The van der Waals surface area contributed by atoms with Crippen molar-refractivity contribution >= 4 is 16.5 Å². The second-order valence-electron chi connectivity index (χ2n) is 6.95. The number of thiazole rings is 1. The summed E-state index contributed by atoms with van der Waals surface area (Å²) in [5.74, 6) is 0. The monoisotopic (exact) mass is 306 g/mol. The second-order valence-corrected chi connectivity index (χ2v) is 7.83. The molecule has 1 N–H and O–H groups in total. The Bertz CT molecular complexity index is 451. The van der Waals surface area contributed by atoms with E-state index < -0.39 is 0 Å². The van der Waals surface area contributed by atoms with Gasteiger partial charge in [0, 0.05) is 55.4 Å². The van der Waals surface area contributed by atoms with Crippen LogP contribution in [0.25, 0.3) is 0 Å². The van der Waals surface area contributed by atoms with Gasteiger partial charge in [-0.2, -0.15) is 0 Å². The number of rotatable bonds is 4. The summed E-state index contributed by atoms with van der Waals surface area (Å²) in [7, 11) is 0. The van der Waals surface area contributed by atoms with Crippen LogP contribution >= 0.6 is 11.3 Å². The van der Waals surface area contributed by atoms with E-state index in [-0.39, 0.29) is 0 Å². The van der Waals surface area contributed by atoms with Gasteiger partial charge < -0.3 is 10.2 Å². The molecule has 0 aromatic carbocycles. The van der Waals surface area contributed by atoms with Gasteiger partial charge in [0.2, 0.25) is 0 Å². The summed E-state index contributed by atoms with van der Waals surface area (Å²) in [4.78, 5) is 9.61. The Morgan fingerprint density at radius 3 is 2.67 bits per heavy atom. The fraction of sp³-hybridized carbons (Fsp3) is 0.812. The molecule has 0 radical (unpaired) electrons. The molecule has 3 fully saturated rings. The zero-order chi connectivity index (χ0) is 14.2. The van der Waals surface area contributed by atoms with Crippen molar-refractivity contribution < 1.29 is 0 Å². The summed E-state index contributed by atoms with van der Waals surface area (Å²) in [6, 6.07) is 3.12. The van der Waals surface area contributed by atoms with Crippen molar-refractivity contribution in [3.63, 3.8) is 0 Å². The first-order chi connectivity index (χ1) is 10.3. The molecule has 0 bridgehead atoms. The number of nitrogens with one attached hydrogen (secondary N) is 1. The van der Waals surface area contributed by atoms with E-state index in [4.69, 9.17) is 0 Å². The molecule has 1 aromatic rings. The van der Waals surface area contributed by atoms with E-state index in [9.17, 15) is 0 Å². The Morgan fingerprint density at radius 1 is 1.19 bits per heavy atom. The second kappa shape index (κ2) is 5.86. The van der Waals surface area contributed by atoms with Crippen molar-refractivity contribution in [2.45, 2.75) is 63.2 Å². The summed E-state index contributed by atoms with van der Waals surface area (Å²) >= 11 is 1.76. The summed E-state index contributed by atoms with van der Waals surface area (Å²) in [6.45, 7) is 5.99. The molecule has 0 spiro atoms. The minimum absolute atomic E-state index is 0.706. The first kappa shape index (κ1) is 14.0. The van der Waals surface area contributed by atoms with Crippen LogP contribution in [-0.2, 0) is 0 Å². The van der Waals surface area contributed by atoms with Crippen LogP contribution in [0.2, 0.25) is 0 Å². The van der Waals surface area contributed by atoms with Crippen LogP contribution < -0.4 is 10.2 Å². The number of aromatic nitrogens is 1. The number of piperidine rings is 1. The molecule has 116 valence electrons. The lowest BCUT2D eigenvalue weighted by atomic mass is 10.0. The number of anilines is 1. The van der Waals surface area contributed by atoms with Crippen LogP contribution in [0.5, 0.6) is 0 Å². The molecule has 3 aliphatic rings. The molecule has 0 amide bonds. The summed E-state index contributed by atoms with van der Waals surface area (Å²) in [5.41, 5.74) is 0. The number of likely N-dealkylation sites (tertiary alicyclic amines) is 1. The normalized spacial score (nSPS) is 32.0. The highest BCUT2D eigenvalue weighted by Gasteiger charge is 2.39. The van der Waals surface area contributed by atoms with E-state index in [1.165, 1.54) is 43.8 Å². The van der Waals surface area contributed by atoms with Crippen molar-refractivity contribution in [2.24, 2.45) is 0 Å². The van der Waals surface area contributed by atoms with Crippen molar-refractivity contribution in [3.05, 3.63) is 11.6 Å². The molecule has 1 aromatic heterocycles. The average molecular weight is 306 g/mol. The minimum atomic E-state index is 0.706. The molecule has 5 heteroatoms. The molecule has 4 nitrogen and oxygen atoms in total. The molecule has 1 saturated carbocycles. The highest BCUT2D eigenvalue weighted by Crippen LogP contribution is 2.33. The van der Waals surface area contributed by atoms with Crippen LogP contribution in [0, 0.1) is 0 Å². The van der Waals surface area contributed by atoms with Crippen molar-refractivity contribution in [2.75, 3.05) is 24.5 Å². The SMILES string of the molecule is C[C@@H]1C[C@H](NC2CCN(c3nccs3)CC2)CN1C1CC1. The lowest BCUT2D eigenvalue weighted by Crippen LogP contribution is -2.47. The highest BCUT2D eigenvalue weighted by molar-refractivity contribution is 7.13. The third-order valence-corrected chi connectivity index (χ3v) is 6.13. The van der Waals surface area contributed by atoms with Gasteiger partial charge in [-0.3, -0.25) is 4.90 Å². The van der Waals surface area contributed by atoms with Gasteiger partial charge in [-0.25, -0.2) is 4.98 Å². The van der Waals surface area contributed by atoms with Gasteiger partial charge in [0.15, 0.2) is 5.13 Å². The van der Waals surface area contributed by atoms with Crippen LogP contribution in [0.15, 0.2) is 11.6 Å². The first-order valence-corrected chi connectivity index (χ1v) is 9.34. The molecule has 0 unspecified atom stereocenters. The van der Waals surface area contributed by atoms with Gasteiger partial charge in [-0.15, -0.1) is 11.3 Å². The van der Waals surface area contributed by atoms with Gasteiger partial charge in [-0.05, 0) is 39.0 Å². The standard InChI is InChI=1S/C16H26N4S/c1-12-10-14(11-20(12)15-2-3-15)18-13-4-7-19(8-5-13)16-17-6-9-21-16/h6,9,12-15,18H,2-5,7-8,10-11H2,1H3/t12-,14+/m1/s1. The van der Waals surface area contributed by atoms with Gasteiger partial charge in [0.1, 0.15) is 0 Å². The topological polar surface area (TPSA) is 31.4 Å². The molecule has 2 atom stereocenters. The smallest absolute Gasteiger partial charge is 0.185 e. The summed E-state index contributed by atoms with van der Waals surface area (Å²) < 4.78 is 0. The number of hydrogen-bond acceptors (Lipinski definition) is 5. The quantitative estimate of drug-likeness (QED) is 0.925. The lowest BCUT2D eigenvalue weighted by Gasteiger charge is -2.33. The molecule has 4 rings (SSSR count). The van der Waals surface area contributed by atoms with Gasteiger partial charge >= 0.3 is 0 Å². The number of hydrogen-bond donors (Lipinski definition) is 1. The maximum absolute atomic E-state index is 4.43. The maximum Gasteiger partial charge on any atom is 0.185 e. The molecule has 2 aliphatic heterocycles. The predicted octanol–water partition coefficient (Wildman–Crippen LogP) is 2.33. The van der Waals surface area contributed by atoms with Crippen LogP contribution in [0.1, 0.15) is 39.0 Å². The van der Waals surface area contributed by atoms with Crippen LogP contribution in [0.3, 0.4) is 0 Å². The Morgan fingerprint density at radius 2 is 2.00 bits per heavy atom. The lowest BCUT2D eigenvalue weighted by molar-refractivity contribution is 0.252. The van der Waals surface area contributed by atoms with E-state index in [1.54, 1.807) is 11.3 Å². The minimum Gasteiger partial charge on any atom is -0.348 e. The largest absolute Gasteiger partial charge is 0.348 e. The van der Waals surface area contributed by atoms with Crippen molar-refractivity contribution in [1.82, 2.24) is 15.2 Å². The van der Waals surface area contributed by atoms with E-state index in [1.807, 2.05) is 6.20 Å². The Balaban J connectivity index is 1.25. The van der Waals surface area contributed by atoms with Crippen LogP contribution in [0.4, 0.5) is 5.13 Å². The summed E-state index contributed by atoms with van der Waals surface area (Å²) in [6.07, 6.45) is 8.63. The van der Waals surface area contributed by atoms with Crippen LogP contribution in [-0.4, -0.2) is 53.7 Å². The highest BCUT2D eigenvalue weighted by atomic mass is 32.1. The molecule has 2 saturated heterocycles.